The third-order valence-electron chi connectivity index (χ3n) is 10.8. The van der Waals surface area contributed by atoms with Gasteiger partial charge in [0.1, 0.15) is 6.10 Å². The summed E-state index contributed by atoms with van der Waals surface area (Å²) in [5, 5.41) is 0. The Bertz CT molecular complexity index is 708. The van der Waals surface area contributed by atoms with Crippen LogP contribution in [0.25, 0.3) is 0 Å². The van der Waals surface area contributed by atoms with E-state index in [2.05, 4.69) is 40.7 Å². The van der Waals surface area contributed by atoms with Crippen molar-refractivity contribution < 1.29 is 9.53 Å². The van der Waals surface area contributed by atoms with Crippen LogP contribution in [0.15, 0.2) is 11.6 Å². The maximum atomic E-state index is 11.9. The van der Waals surface area contributed by atoms with Crippen molar-refractivity contribution in [1.82, 2.24) is 0 Å². The maximum Gasteiger partial charge on any atom is 0.305 e. The van der Waals surface area contributed by atoms with E-state index in [1.165, 1.54) is 57.8 Å². The number of carbonyl (C=O) groups excluding carboxylic acids is 1. The zero-order chi connectivity index (χ0) is 23.1. The molecule has 0 aromatic carbocycles. The fourth-order valence-corrected chi connectivity index (χ4v) is 9.02. The first-order valence-corrected chi connectivity index (χ1v) is 14.1. The Morgan fingerprint density at radius 3 is 2.56 bits per heavy atom. The fraction of sp³-hybridized carbons (Fsp3) is 0.900. The number of esters is 1. The minimum atomic E-state index is -0.0270. The molecule has 0 aromatic heterocycles. The highest BCUT2D eigenvalue weighted by molar-refractivity contribution is 5.69. The molecule has 0 spiro atoms. The van der Waals surface area contributed by atoms with Gasteiger partial charge >= 0.3 is 5.97 Å². The van der Waals surface area contributed by atoms with Gasteiger partial charge < -0.3 is 4.74 Å². The van der Waals surface area contributed by atoms with Gasteiger partial charge in [-0.25, -0.2) is 0 Å². The summed E-state index contributed by atoms with van der Waals surface area (Å²) in [7, 11) is 0. The fourth-order valence-electron chi connectivity index (χ4n) is 9.02. The summed E-state index contributed by atoms with van der Waals surface area (Å²) in [6, 6.07) is 0. The van der Waals surface area contributed by atoms with E-state index in [9.17, 15) is 4.79 Å². The standard InChI is InChI=1S/C30H50O2/c1-7-28(31)32-23-15-17-29(5)22(19-23)11-12-24-26-14-13-25(21(4)10-8-9-20(2)3)30(26,6)18-16-27(24)29/h11,20-21,23-27H,7-10,12-19H2,1-6H3/t21-,23+,24?,25-,26?,27?,29+,30-/m1/s1. The molecular formula is C30H50O2. The average molecular weight is 443 g/mol. The van der Waals surface area contributed by atoms with E-state index in [-0.39, 0.29) is 12.1 Å². The van der Waals surface area contributed by atoms with Crippen LogP contribution in [0.3, 0.4) is 0 Å². The van der Waals surface area contributed by atoms with E-state index in [0.29, 0.717) is 17.3 Å². The molecule has 8 atom stereocenters. The molecule has 0 heterocycles. The number of rotatable bonds is 7. The van der Waals surface area contributed by atoms with Crippen LogP contribution in [-0.4, -0.2) is 12.1 Å². The number of fused-ring (bicyclic) bond motifs is 5. The van der Waals surface area contributed by atoms with Crippen LogP contribution in [0, 0.1) is 46.3 Å². The van der Waals surface area contributed by atoms with Gasteiger partial charge in [-0.1, -0.05) is 72.5 Å². The topological polar surface area (TPSA) is 26.3 Å². The highest BCUT2D eigenvalue weighted by Gasteiger charge is 2.59. The van der Waals surface area contributed by atoms with Gasteiger partial charge in [0.05, 0.1) is 0 Å². The molecule has 0 radical (unpaired) electrons. The van der Waals surface area contributed by atoms with E-state index in [0.717, 1.165) is 48.3 Å². The smallest absolute Gasteiger partial charge is 0.305 e. The van der Waals surface area contributed by atoms with Crippen molar-refractivity contribution in [3.8, 4) is 0 Å². The largest absolute Gasteiger partial charge is 0.462 e. The highest BCUT2D eigenvalue weighted by atomic mass is 16.5. The van der Waals surface area contributed by atoms with Crippen molar-refractivity contribution in [3.05, 3.63) is 11.6 Å². The van der Waals surface area contributed by atoms with Crippen LogP contribution in [-0.2, 0) is 9.53 Å². The Balaban J connectivity index is 1.45. The molecule has 32 heavy (non-hydrogen) atoms. The zero-order valence-corrected chi connectivity index (χ0v) is 21.9. The van der Waals surface area contributed by atoms with E-state index in [1.807, 2.05) is 6.92 Å². The predicted octanol–water partition coefficient (Wildman–Crippen LogP) is 8.35. The molecule has 0 N–H and O–H groups in total. The maximum absolute atomic E-state index is 11.9. The van der Waals surface area contributed by atoms with Crippen LogP contribution in [0.4, 0.5) is 0 Å². The Labute approximate surface area is 198 Å². The lowest BCUT2D eigenvalue weighted by molar-refractivity contribution is -0.151. The third kappa shape index (κ3) is 4.34. The Morgan fingerprint density at radius 1 is 1.06 bits per heavy atom. The van der Waals surface area contributed by atoms with Crippen molar-refractivity contribution in [2.75, 3.05) is 0 Å². The normalized spacial score (nSPS) is 42.0. The molecule has 0 aliphatic heterocycles. The molecule has 2 heteroatoms. The zero-order valence-electron chi connectivity index (χ0n) is 21.9. The predicted molar refractivity (Wildman–Crippen MR) is 133 cm³/mol. The first-order chi connectivity index (χ1) is 15.2. The van der Waals surface area contributed by atoms with Crippen LogP contribution in [0.5, 0.6) is 0 Å². The van der Waals surface area contributed by atoms with Gasteiger partial charge in [-0.2, -0.15) is 0 Å². The van der Waals surface area contributed by atoms with Gasteiger partial charge in [-0.05, 0) is 91.3 Å². The van der Waals surface area contributed by atoms with E-state index < -0.39 is 0 Å². The summed E-state index contributed by atoms with van der Waals surface area (Å²) >= 11 is 0. The monoisotopic (exact) mass is 442 g/mol. The second-order valence-electron chi connectivity index (χ2n) is 13.0. The minimum Gasteiger partial charge on any atom is -0.462 e. The van der Waals surface area contributed by atoms with Gasteiger partial charge in [0, 0.05) is 12.8 Å². The molecule has 3 unspecified atom stereocenters. The van der Waals surface area contributed by atoms with Gasteiger partial charge in [0.2, 0.25) is 0 Å². The molecule has 0 amide bonds. The van der Waals surface area contributed by atoms with E-state index in [1.54, 1.807) is 5.57 Å². The summed E-state index contributed by atoms with van der Waals surface area (Å²) in [5.74, 6) is 5.28. The first-order valence-electron chi connectivity index (χ1n) is 14.1. The minimum absolute atomic E-state index is 0.0270. The van der Waals surface area contributed by atoms with Crippen molar-refractivity contribution in [2.45, 2.75) is 125 Å². The van der Waals surface area contributed by atoms with Gasteiger partial charge in [-0.3, -0.25) is 4.79 Å². The Morgan fingerprint density at radius 2 is 1.84 bits per heavy atom. The molecule has 0 aromatic rings. The summed E-state index contributed by atoms with van der Waals surface area (Å²) in [6.45, 7) is 14.5. The number of carbonyl (C=O) groups is 1. The van der Waals surface area contributed by atoms with Crippen LogP contribution in [0.1, 0.15) is 119 Å². The molecule has 2 nitrogen and oxygen atoms in total. The SMILES string of the molecule is CCC(=O)O[C@H]1CC[C@@]2(C)C(=CCC3C2CC[C@@]2(C)C3CC[C@@H]2[C@H](C)CCCC(C)C)C1. The quantitative estimate of drug-likeness (QED) is 0.292. The van der Waals surface area contributed by atoms with Crippen LogP contribution >= 0.6 is 0 Å². The van der Waals surface area contributed by atoms with Crippen molar-refractivity contribution >= 4 is 5.97 Å². The Kier molecular flexibility index (Phi) is 7.19. The summed E-state index contributed by atoms with van der Waals surface area (Å²) < 4.78 is 5.76. The third-order valence-corrected chi connectivity index (χ3v) is 10.8. The van der Waals surface area contributed by atoms with Crippen LogP contribution in [0.2, 0.25) is 0 Å². The van der Waals surface area contributed by atoms with Gasteiger partial charge in [0.15, 0.2) is 0 Å². The molecule has 3 saturated carbocycles. The average Bonchev–Trinajstić information content (AvgIpc) is 3.11. The van der Waals surface area contributed by atoms with Crippen molar-refractivity contribution in [3.63, 3.8) is 0 Å². The molecule has 0 saturated heterocycles. The molecule has 182 valence electrons. The van der Waals surface area contributed by atoms with E-state index >= 15 is 0 Å². The van der Waals surface area contributed by atoms with E-state index in [4.69, 9.17) is 4.74 Å². The van der Waals surface area contributed by atoms with Gasteiger partial charge in [0.25, 0.3) is 0 Å². The number of hydrogen-bond acceptors (Lipinski definition) is 2. The molecule has 4 aliphatic rings. The van der Waals surface area contributed by atoms with Gasteiger partial charge in [-0.15, -0.1) is 0 Å². The molecule has 4 aliphatic carbocycles. The molecule has 0 bridgehead atoms. The lowest BCUT2D eigenvalue weighted by Gasteiger charge is -2.58. The number of allylic oxidation sites excluding steroid dienone is 1. The lowest BCUT2D eigenvalue weighted by Crippen LogP contribution is -2.51. The molecule has 3 fully saturated rings. The second kappa shape index (κ2) is 9.46. The summed E-state index contributed by atoms with van der Waals surface area (Å²) in [6.07, 6.45) is 17.8. The van der Waals surface area contributed by atoms with Crippen molar-refractivity contribution in [1.29, 1.82) is 0 Å². The number of hydrogen-bond donors (Lipinski definition) is 0. The molecule has 4 rings (SSSR count). The summed E-state index contributed by atoms with van der Waals surface area (Å²) in [5.41, 5.74) is 2.54. The van der Waals surface area contributed by atoms with Crippen LogP contribution < -0.4 is 0 Å². The lowest BCUT2D eigenvalue weighted by atomic mass is 9.47. The summed E-state index contributed by atoms with van der Waals surface area (Å²) in [4.78, 5) is 11.9. The molecular weight excluding hydrogens is 392 g/mol. The Hall–Kier alpha value is -0.790. The second-order valence-corrected chi connectivity index (χ2v) is 13.0. The highest BCUT2D eigenvalue weighted by Crippen LogP contribution is 2.67. The van der Waals surface area contributed by atoms with Crippen molar-refractivity contribution in [2.24, 2.45) is 46.3 Å². The first kappa shape index (κ1) is 24.3. The number of ether oxygens (including phenoxy) is 1.